The summed E-state index contributed by atoms with van der Waals surface area (Å²) >= 11 is 7.43. The van der Waals surface area contributed by atoms with Crippen LogP contribution in [0, 0.1) is 6.92 Å². The number of rotatable bonds is 6. The number of carbonyl (C=O) groups excluding carboxylic acids is 1. The van der Waals surface area contributed by atoms with E-state index in [1.165, 1.54) is 0 Å². The van der Waals surface area contributed by atoms with Gasteiger partial charge in [0.2, 0.25) is 11.7 Å². The van der Waals surface area contributed by atoms with Crippen molar-refractivity contribution in [3.05, 3.63) is 52.2 Å². The average molecular weight is 363 g/mol. The van der Waals surface area contributed by atoms with E-state index in [0.29, 0.717) is 35.3 Å². The number of aryl methyl sites for hydroxylation is 2. The van der Waals surface area contributed by atoms with E-state index >= 15 is 0 Å². The molecule has 124 valence electrons. The second-order valence-electron chi connectivity index (χ2n) is 5.23. The molecule has 7 heteroatoms. The molecule has 0 aliphatic rings. The molecule has 3 aromatic rings. The van der Waals surface area contributed by atoms with Gasteiger partial charge in [-0.3, -0.25) is 4.79 Å². The third-order valence-corrected chi connectivity index (χ3v) is 4.44. The van der Waals surface area contributed by atoms with Crippen LogP contribution in [0.15, 0.2) is 40.2 Å². The Kier molecular flexibility index (Phi) is 5.27. The van der Waals surface area contributed by atoms with Crippen molar-refractivity contribution in [1.82, 2.24) is 10.1 Å². The van der Waals surface area contributed by atoms with Crippen LogP contribution in [-0.2, 0) is 11.2 Å². The SMILES string of the molecule is Cc1cc(Cl)ccc1OC(=O)CCCc1nc(-c2cccs2)no1. The van der Waals surface area contributed by atoms with E-state index < -0.39 is 0 Å². The van der Waals surface area contributed by atoms with Gasteiger partial charge in [0.25, 0.3) is 0 Å². The van der Waals surface area contributed by atoms with Crippen molar-refractivity contribution in [3.8, 4) is 16.5 Å². The normalized spacial score (nSPS) is 10.8. The Hall–Kier alpha value is -2.18. The molecule has 2 aromatic heterocycles. The van der Waals surface area contributed by atoms with E-state index in [1.807, 2.05) is 24.4 Å². The van der Waals surface area contributed by atoms with E-state index in [-0.39, 0.29) is 12.4 Å². The zero-order valence-corrected chi connectivity index (χ0v) is 14.6. The van der Waals surface area contributed by atoms with Crippen LogP contribution in [-0.4, -0.2) is 16.1 Å². The van der Waals surface area contributed by atoms with Crippen molar-refractivity contribution in [3.63, 3.8) is 0 Å². The molecule has 24 heavy (non-hydrogen) atoms. The molecule has 5 nitrogen and oxygen atoms in total. The second kappa shape index (κ2) is 7.59. The highest BCUT2D eigenvalue weighted by Gasteiger charge is 2.11. The number of hydrogen-bond donors (Lipinski definition) is 0. The van der Waals surface area contributed by atoms with Gasteiger partial charge < -0.3 is 9.26 Å². The Morgan fingerprint density at radius 1 is 1.38 bits per heavy atom. The number of ether oxygens (including phenoxy) is 1. The first-order valence-corrected chi connectivity index (χ1v) is 8.71. The molecule has 0 spiro atoms. The summed E-state index contributed by atoms with van der Waals surface area (Å²) in [5.74, 6) is 1.34. The fourth-order valence-electron chi connectivity index (χ4n) is 2.15. The fraction of sp³-hybridized carbons (Fsp3) is 0.235. The highest BCUT2D eigenvalue weighted by atomic mass is 35.5. The highest BCUT2D eigenvalue weighted by molar-refractivity contribution is 7.13. The summed E-state index contributed by atoms with van der Waals surface area (Å²) in [4.78, 5) is 17.2. The third-order valence-electron chi connectivity index (χ3n) is 3.34. The van der Waals surface area contributed by atoms with E-state index in [1.54, 1.807) is 29.5 Å². The smallest absolute Gasteiger partial charge is 0.311 e. The predicted octanol–water partition coefficient (Wildman–Crippen LogP) is 4.69. The maximum Gasteiger partial charge on any atom is 0.311 e. The molecule has 0 fully saturated rings. The Balaban J connectivity index is 1.48. The molecule has 2 heterocycles. The number of carbonyl (C=O) groups is 1. The molecule has 1 aromatic carbocycles. The summed E-state index contributed by atoms with van der Waals surface area (Å²) in [5, 5.41) is 6.51. The maximum atomic E-state index is 11.9. The lowest BCUT2D eigenvalue weighted by atomic mass is 10.2. The molecule has 0 atom stereocenters. The molecule has 0 N–H and O–H groups in total. The zero-order chi connectivity index (χ0) is 16.9. The van der Waals surface area contributed by atoms with Gasteiger partial charge >= 0.3 is 5.97 Å². The minimum atomic E-state index is -0.293. The lowest BCUT2D eigenvalue weighted by Crippen LogP contribution is -2.09. The Morgan fingerprint density at radius 3 is 3.00 bits per heavy atom. The van der Waals surface area contributed by atoms with Crippen molar-refractivity contribution in [1.29, 1.82) is 0 Å². The van der Waals surface area contributed by atoms with Gasteiger partial charge in [-0.15, -0.1) is 11.3 Å². The van der Waals surface area contributed by atoms with Crippen LogP contribution in [0.3, 0.4) is 0 Å². The number of nitrogens with zero attached hydrogens (tertiary/aromatic N) is 2. The standard InChI is InChI=1S/C17H15ClN2O3S/c1-11-10-12(18)7-8-13(11)22-16(21)6-2-5-15-19-17(20-23-15)14-4-3-9-24-14/h3-4,7-10H,2,5-6H2,1H3. The molecule has 0 aliphatic heterocycles. The quantitative estimate of drug-likeness (QED) is 0.470. The fourth-order valence-corrected chi connectivity index (χ4v) is 3.02. The number of hydrogen-bond acceptors (Lipinski definition) is 6. The van der Waals surface area contributed by atoms with Crippen LogP contribution in [0.2, 0.25) is 5.02 Å². The first kappa shape index (κ1) is 16.7. The van der Waals surface area contributed by atoms with E-state index in [0.717, 1.165) is 10.4 Å². The molecule has 3 rings (SSSR count). The van der Waals surface area contributed by atoms with Gasteiger partial charge in [-0.1, -0.05) is 22.8 Å². The van der Waals surface area contributed by atoms with Gasteiger partial charge in [-0.2, -0.15) is 4.98 Å². The first-order chi connectivity index (χ1) is 11.6. The van der Waals surface area contributed by atoms with E-state index in [9.17, 15) is 4.79 Å². The highest BCUT2D eigenvalue weighted by Crippen LogP contribution is 2.23. The minimum absolute atomic E-state index is 0.277. The van der Waals surface area contributed by atoms with Crippen molar-refractivity contribution in [2.75, 3.05) is 0 Å². The topological polar surface area (TPSA) is 65.2 Å². The molecule has 0 radical (unpaired) electrons. The largest absolute Gasteiger partial charge is 0.426 e. The summed E-state index contributed by atoms with van der Waals surface area (Å²) in [5.41, 5.74) is 0.827. The second-order valence-corrected chi connectivity index (χ2v) is 6.61. The lowest BCUT2D eigenvalue weighted by Gasteiger charge is -2.07. The Morgan fingerprint density at radius 2 is 2.25 bits per heavy atom. The first-order valence-electron chi connectivity index (χ1n) is 7.45. The van der Waals surface area contributed by atoms with Crippen LogP contribution >= 0.6 is 22.9 Å². The lowest BCUT2D eigenvalue weighted by molar-refractivity contribution is -0.134. The monoisotopic (exact) mass is 362 g/mol. The summed E-state index contributed by atoms with van der Waals surface area (Å²) in [6.07, 6.45) is 1.39. The molecule has 0 bridgehead atoms. The van der Waals surface area contributed by atoms with Crippen molar-refractivity contribution in [2.24, 2.45) is 0 Å². The Labute approximate surface area is 148 Å². The van der Waals surface area contributed by atoms with Crippen LogP contribution in [0.4, 0.5) is 0 Å². The van der Waals surface area contributed by atoms with Gasteiger partial charge in [0.1, 0.15) is 5.75 Å². The summed E-state index contributed by atoms with van der Waals surface area (Å²) in [6.45, 7) is 1.85. The molecule has 0 aliphatic carbocycles. The summed E-state index contributed by atoms with van der Waals surface area (Å²) in [6, 6.07) is 9.02. The number of esters is 1. The van der Waals surface area contributed by atoms with Gasteiger partial charge in [0.15, 0.2) is 0 Å². The van der Waals surface area contributed by atoms with Gasteiger partial charge in [0.05, 0.1) is 4.88 Å². The van der Waals surface area contributed by atoms with Crippen LogP contribution < -0.4 is 4.74 Å². The number of benzene rings is 1. The molecule has 0 amide bonds. The van der Waals surface area contributed by atoms with E-state index in [4.69, 9.17) is 20.9 Å². The van der Waals surface area contributed by atoms with Crippen LogP contribution in [0.1, 0.15) is 24.3 Å². The van der Waals surface area contributed by atoms with Gasteiger partial charge in [-0.25, -0.2) is 0 Å². The summed E-state index contributed by atoms with van der Waals surface area (Å²) < 4.78 is 10.5. The van der Waals surface area contributed by atoms with Crippen molar-refractivity contribution < 1.29 is 14.1 Å². The molecule has 0 saturated heterocycles. The van der Waals surface area contributed by atoms with Crippen LogP contribution in [0.5, 0.6) is 5.75 Å². The molecular formula is C17H15ClN2O3S. The average Bonchev–Trinajstić information content (AvgIpc) is 3.21. The summed E-state index contributed by atoms with van der Waals surface area (Å²) in [7, 11) is 0. The van der Waals surface area contributed by atoms with Crippen LogP contribution in [0.25, 0.3) is 10.7 Å². The van der Waals surface area contributed by atoms with Gasteiger partial charge in [0, 0.05) is 17.9 Å². The molecule has 0 unspecified atom stereocenters. The maximum absolute atomic E-state index is 11.9. The third kappa shape index (κ3) is 4.21. The van der Waals surface area contributed by atoms with E-state index in [2.05, 4.69) is 10.1 Å². The van der Waals surface area contributed by atoms with Crippen molar-refractivity contribution >= 4 is 28.9 Å². The predicted molar refractivity (Wildman–Crippen MR) is 92.4 cm³/mol. The minimum Gasteiger partial charge on any atom is -0.426 e. The number of halogens is 1. The molecular weight excluding hydrogens is 348 g/mol. The Bertz CT molecular complexity index is 830. The number of thiophene rings is 1. The van der Waals surface area contributed by atoms with Gasteiger partial charge in [-0.05, 0) is 48.6 Å². The van der Waals surface area contributed by atoms with Crippen molar-refractivity contribution in [2.45, 2.75) is 26.2 Å². The zero-order valence-electron chi connectivity index (χ0n) is 13.0. The number of aromatic nitrogens is 2. The molecule has 0 saturated carbocycles.